The molecule has 0 spiro atoms. The minimum absolute atomic E-state index is 0.330. The van der Waals surface area contributed by atoms with Crippen LogP contribution in [0.3, 0.4) is 0 Å². The van der Waals surface area contributed by atoms with Crippen molar-refractivity contribution in [1.29, 1.82) is 0 Å². The van der Waals surface area contributed by atoms with Crippen molar-refractivity contribution in [3.8, 4) is 0 Å². The summed E-state index contributed by atoms with van der Waals surface area (Å²) in [5.41, 5.74) is 0. The molecule has 0 bridgehead atoms. The Labute approximate surface area is 99.2 Å². The average Bonchev–Trinajstić information content (AvgIpc) is 2.32. The smallest absolute Gasteiger partial charge is 0.0474 e. The molecule has 1 rings (SSSR count). The predicted molar refractivity (Wildman–Crippen MR) is 65.7 cm³/mol. The highest BCUT2D eigenvalue weighted by Gasteiger charge is 2.15. The maximum Gasteiger partial charge on any atom is 0.0474 e. The maximum absolute atomic E-state index is 8.72. The van der Waals surface area contributed by atoms with E-state index < -0.39 is 0 Å². The first-order valence-electron chi connectivity index (χ1n) is 6.41. The Hall–Kier alpha value is -0.160. The van der Waals surface area contributed by atoms with E-state index in [1.165, 1.54) is 32.7 Å². The zero-order chi connectivity index (χ0) is 11.6. The van der Waals surface area contributed by atoms with Gasteiger partial charge in [-0.3, -0.25) is 0 Å². The van der Waals surface area contributed by atoms with Crippen molar-refractivity contribution < 1.29 is 9.84 Å². The third-order valence-electron chi connectivity index (χ3n) is 3.17. The summed E-state index contributed by atoms with van der Waals surface area (Å²) in [6.45, 7) is 8.24. The lowest BCUT2D eigenvalue weighted by Gasteiger charge is -2.34. The van der Waals surface area contributed by atoms with Gasteiger partial charge in [0.05, 0.1) is 0 Å². The first-order chi connectivity index (χ1) is 7.86. The molecule has 0 aliphatic carbocycles. The van der Waals surface area contributed by atoms with E-state index in [0.29, 0.717) is 6.61 Å². The summed E-state index contributed by atoms with van der Waals surface area (Å²) in [6.07, 6.45) is 3.20. The number of hydrogen-bond acceptors (Lipinski definition) is 4. The summed E-state index contributed by atoms with van der Waals surface area (Å²) in [5, 5.41) is 8.72. The molecule has 0 aromatic heterocycles. The fourth-order valence-electron chi connectivity index (χ4n) is 2.12. The largest absolute Gasteiger partial charge is 0.396 e. The molecule has 0 saturated carbocycles. The third-order valence-corrected chi connectivity index (χ3v) is 3.17. The van der Waals surface area contributed by atoms with Gasteiger partial charge in [0, 0.05) is 53.0 Å². The average molecular weight is 230 g/mol. The second kappa shape index (κ2) is 8.93. The number of unbranched alkanes of at least 4 members (excludes halogenated alkanes) is 1. The van der Waals surface area contributed by atoms with Gasteiger partial charge in [-0.25, -0.2) is 0 Å². The van der Waals surface area contributed by atoms with Crippen molar-refractivity contribution in [2.45, 2.75) is 19.3 Å². The zero-order valence-corrected chi connectivity index (χ0v) is 10.5. The van der Waals surface area contributed by atoms with E-state index in [0.717, 1.165) is 32.4 Å². The van der Waals surface area contributed by atoms with Gasteiger partial charge in [0.1, 0.15) is 0 Å². The van der Waals surface area contributed by atoms with Gasteiger partial charge in [-0.15, -0.1) is 0 Å². The molecule has 0 unspecified atom stereocenters. The highest BCUT2D eigenvalue weighted by Crippen LogP contribution is 2.04. The molecule has 0 amide bonds. The Balaban J connectivity index is 2.00. The third kappa shape index (κ3) is 5.80. The molecule has 1 aliphatic rings. The zero-order valence-electron chi connectivity index (χ0n) is 10.5. The van der Waals surface area contributed by atoms with Crippen LogP contribution in [0.15, 0.2) is 0 Å². The Morgan fingerprint density at radius 2 is 1.50 bits per heavy atom. The number of nitrogens with zero attached hydrogens (tertiary/aromatic N) is 2. The molecule has 1 fully saturated rings. The maximum atomic E-state index is 8.72. The van der Waals surface area contributed by atoms with Crippen LogP contribution in [0, 0.1) is 0 Å². The molecular formula is C12H26N2O2. The van der Waals surface area contributed by atoms with Gasteiger partial charge in [0.15, 0.2) is 0 Å². The Kier molecular flexibility index (Phi) is 7.76. The summed E-state index contributed by atoms with van der Waals surface area (Å²) in [5.74, 6) is 0. The van der Waals surface area contributed by atoms with Crippen molar-refractivity contribution in [3.05, 3.63) is 0 Å². The first-order valence-corrected chi connectivity index (χ1v) is 6.41. The molecule has 0 aromatic carbocycles. The van der Waals surface area contributed by atoms with Crippen LogP contribution in [-0.2, 0) is 4.74 Å². The van der Waals surface area contributed by atoms with Crippen molar-refractivity contribution in [1.82, 2.24) is 9.80 Å². The normalized spacial score (nSPS) is 19.1. The van der Waals surface area contributed by atoms with E-state index in [2.05, 4.69) is 9.80 Å². The topological polar surface area (TPSA) is 35.9 Å². The fraction of sp³-hybridized carbons (Fsp3) is 1.00. The molecule has 4 heteroatoms. The van der Waals surface area contributed by atoms with E-state index in [-0.39, 0.29) is 0 Å². The molecule has 1 heterocycles. The summed E-state index contributed by atoms with van der Waals surface area (Å²) < 4.78 is 5.06. The molecule has 0 atom stereocenters. The number of rotatable bonds is 8. The van der Waals surface area contributed by atoms with Gasteiger partial charge in [-0.1, -0.05) is 0 Å². The number of hydrogen-bond donors (Lipinski definition) is 1. The molecule has 1 saturated heterocycles. The Bertz CT molecular complexity index is 141. The first kappa shape index (κ1) is 13.9. The summed E-state index contributed by atoms with van der Waals surface area (Å²) >= 11 is 0. The van der Waals surface area contributed by atoms with Gasteiger partial charge in [-0.05, 0) is 25.8 Å². The van der Waals surface area contributed by atoms with Gasteiger partial charge in [0.2, 0.25) is 0 Å². The van der Waals surface area contributed by atoms with Gasteiger partial charge >= 0.3 is 0 Å². The summed E-state index contributed by atoms with van der Waals surface area (Å²) in [6, 6.07) is 0. The quantitative estimate of drug-likeness (QED) is 0.613. The Morgan fingerprint density at radius 1 is 0.938 bits per heavy atom. The molecule has 96 valence electrons. The van der Waals surface area contributed by atoms with Crippen molar-refractivity contribution in [2.24, 2.45) is 0 Å². The predicted octanol–water partition coefficient (Wildman–Crippen LogP) is 0.413. The number of aliphatic hydroxyl groups excluding tert-OH is 1. The van der Waals surface area contributed by atoms with Crippen LogP contribution in [-0.4, -0.2) is 74.5 Å². The van der Waals surface area contributed by atoms with Crippen LogP contribution in [0.1, 0.15) is 19.3 Å². The number of piperazine rings is 1. The summed E-state index contributed by atoms with van der Waals surface area (Å²) in [7, 11) is 1.76. The molecular weight excluding hydrogens is 204 g/mol. The number of methoxy groups -OCH3 is 1. The monoisotopic (exact) mass is 230 g/mol. The van der Waals surface area contributed by atoms with Crippen LogP contribution < -0.4 is 0 Å². The Morgan fingerprint density at radius 3 is 2.00 bits per heavy atom. The number of aliphatic hydroxyl groups is 1. The van der Waals surface area contributed by atoms with E-state index >= 15 is 0 Å². The fourth-order valence-corrected chi connectivity index (χ4v) is 2.12. The minimum atomic E-state index is 0.330. The van der Waals surface area contributed by atoms with Crippen LogP contribution >= 0.6 is 0 Å². The van der Waals surface area contributed by atoms with E-state index in [1.54, 1.807) is 7.11 Å². The molecule has 0 radical (unpaired) electrons. The standard InChI is InChI=1S/C12H26N2O2/c1-16-12-4-6-14-9-7-13(8-10-14)5-2-3-11-15/h15H,2-12H2,1H3. The van der Waals surface area contributed by atoms with E-state index in [9.17, 15) is 0 Å². The van der Waals surface area contributed by atoms with E-state index in [1.807, 2.05) is 0 Å². The highest BCUT2D eigenvalue weighted by atomic mass is 16.5. The second-order valence-corrected chi connectivity index (χ2v) is 4.46. The van der Waals surface area contributed by atoms with Crippen molar-refractivity contribution >= 4 is 0 Å². The van der Waals surface area contributed by atoms with Crippen LogP contribution in [0.4, 0.5) is 0 Å². The van der Waals surface area contributed by atoms with Crippen LogP contribution in [0.2, 0.25) is 0 Å². The van der Waals surface area contributed by atoms with Gasteiger partial charge in [-0.2, -0.15) is 0 Å². The van der Waals surface area contributed by atoms with Crippen LogP contribution in [0.25, 0.3) is 0 Å². The molecule has 1 aliphatic heterocycles. The van der Waals surface area contributed by atoms with Crippen molar-refractivity contribution in [2.75, 3.05) is 59.6 Å². The van der Waals surface area contributed by atoms with E-state index in [4.69, 9.17) is 9.84 Å². The molecule has 4 nitrogen and oxygen atoms in total. The molecule has 16 heavy (non-hydrogen) atoms. The van der Waals surface area contributed by atoms with Gasteiger partial charge < -0.3 is 19.6 Å². The lowest BCUT2D eigenvalue weighted by molar-refractivity contribution is 0.114. The van der Waals surface area contributed by atoms with Crippen molar-refractivity contribution in [3.63, 3.8) is 0 Å². The second-order valence-electron chi connectivity index (χ2n) is 4.46. The highest BCUT2D eigenvalue weighted by molar-refractivity contribution is 4.71. The van der Waals surface area contributed by atoms with Gasteiger partial charge in [0.25, 0.3) is 0 Å². The minimum Gasteiger partial charge on any atom is -0.396 e. The summed E-state index contributed by atoms with van der Waals surface area (Å²) in [4.78, 5) is 5.02. The lowest BCUT2D eigenvalue weighted by Crippen LogP contribution is -2.46. The number of ether oxygens (including phenoxy) is 1. The van der Waals surface area contributed by atoms with Crippen LogP contribution in [0.5, 0.6) is 0 Å². The lowest BCUT2D eigenvalue weighted by atomic mass is 10.2. The molecule has 1 N–H and O–H groups in total. The SMILES string of the molecule is COCCCN1CCN(CCCCO)CC1. The molecule has 0 aromatic rings.